The molecule has 0 saturated heterocycles. The predicted octanol–water partition coefficient (Wildman–Crippen LogP) is 4.31. The monoisotopic (exact) mass is 358 g/mol. The summed E-state index contributed by atoms with van der Waals surface area (Å²) in [6.07, 6.45) is 1.60. The Morgan fingerprint density at radius 3 is 2.48 bits per heavy atom. The molecule has 0 bridgehead atoms. The molecular weight excluding hydrogens is 336 g/mol. The Labute approximate surface area is 158 Å². The molecule has 0 spiro atoms. The van der Waals surface area contributed by atoms with Crippen LogP contribution in [-0.4, -0.2) is 27.1 Å². The zero-order valence-corrected chi connectivity index (χ0v) is 15.4. The maximum Gasteiger partial charge on any atom is 0.143 e. The normalized spacial score (nSPS) is 12.3. The van der Waals surface area contributed by atoms with Crippen molar-refractivity contribution in [2.75, 3.05) is 11.9 Å². The molecule has 2 aromatic heterocycles. The summed E-state index contributed by atoms with van der Waals surface area (Å²) in [5, 5.41) is 10.2. The zero-order valence-electron chi connectivity index (χ0n) is 15.4. The van der Waals surface area contributed by atoms with Gasteiger partial charge >= 0.3 is 0 Å². The summed E-state index contributed by atoms with van der Waals surface area (Å²) in [5.74, 6) is 0.894. The maximum atomic E-state index is 9.23. The molecule has 136 valence electrons. The molecule has 0 radical (unpaired) electrons. The van der Waals surface area contributed by atoms with Gasteiger partial charge in [-0.2, -0.15) is 0 Å². The second kappa shape index (κ2) is 7.21. The lowest BCUT2D eigenvalue weighted by Crippen LogP contribution is -2.22. The molecule has 0 amide bonds. The minimum absolute atomic E-state index is 0.0464. The highest BCUT2D eigenvalue weighted by atomic mass is 16.3. The Morgan fingerprint density at radius 2 is 1.78 bits per heavy atom. The van der Waals surface area contributed by atoms with E-state index in [9.17, 15) is 5.11 Å². The summed E-state index contributed by atoms with van der Waals surface area (Å²) in [6.45, 7) is 2.22. The van der Waals surface area contributed by atoms with Gasteiger partial charge in [0.2, 0.25) is 0 Å². The molecule has 0 aliphatic rings. The fraction of sp³-hybridized carbons (Fsp3) is 0.182. The summed E-state index contributed by atoms with van der Waals surface area (Å²) in [5.41, 5.74) is 4.98. The lowest BCUT2D eigenvalue weighted by Gasteiger charge is -2.26. The minimum atomic E-state index is 0.0464. The number of H-pyrrole nitrogens is 1. The van der Waals surface area contributed by atoms with Gasteiger partial charge in [-0.15, -0.1) is 0 Å². The van der Waals surface area contributed by atoms with Crippen LogP contribution in [-0.2, 0) is 6.61 Å². The quantitative estimate of drug-likeness (QED) is 0.558. The van der Waals surface area contributed by atoms with Gasteiger partial charge in [-0.25, -0.2) is 9.97 Å². The van der Waals surface area contributed by atoms with E-state index in [4.69, 9.17) is 0 Å². The number of nitrogens with one attached hydrogen (secondary N) is 1. The van der Waals surface area contributed by atoms with Gasteiger partial charge in [0.1, 0.15) is 17.8 Å². The van der Waals surface area contributed by atoms with Crippen LogP contribution < -0.4 is 4.90 Å². The van der Waals surface area contributed by atoms with Crippen molar-refractivity contribution in [2.45, 2.75) is 19.6 Å². The Morgan fingerprint density at radius 1 is 1.04 bits per heavy atom. The minimum Gasteiger partial charge on any atom is -0.392 e. The van der Waals surface area contributed by atoms with E-state index in [1.54, 1.807) is 6.33 Å². The molecule has 27 heavy (non-hydrogen) atoms. The third-order valence-corrected chi connectivity index (χ3v) is 5.05. The van der Waals surface area contributed by atoms with Crippen molar-refractivity contribution in [1.82, 2.24) is 15.0 Å². The first-order chi connectivity index (χ1) is 13.2. The van der Waals surface area contributed by atoms with Crippen molar-refractivity contribution in [3.05, 3.63) is 78.1 Å². The number of aliphatic hydroxyl groups is 1. The highest BCUT2D eigenvalue weighted by Gasteiger charge is 2.17. The molecule has 0 aliphatic carbocycles. The van der Waals surface area contributed by atoms with Crippen LogP contribution in [0.2, 0.25) is 0 Å². The third kappa shape index (κ3) is 3.29. The maximum absolute atomic E-state index is 9.23. The van der Waals surface area contributed by atoms with Gasteiger partial charge in [0, 0.05) is 12.7 Å². The second-order valence-electron chi connectivity index (χ2n) is 6.70. The SMILES string of the molecule is C[C@@H](c1ccccc1)N(C)c1ncnc2[nH]c(-c3ccc(CO)cc3)cc12. The predicted molar refractivity (Wildman–Crippen MR) is 109 cm³/mol. The van der Waals surface area contributed by atoms with Crippen LogP contribution in [0, 0.1) is 0 Å². The van der Waals surface area contributed by atoms with Crippen LogP contribution >= 0.6 is 0 Å². The Hall–Kier alpha value is -3.18. The van der Waals surface area contributed by atoms with E-state index in [1.165, 1.54) is 5.56 Å². The van der Waals surface area contributed by atoms with Crippen LogP contribution in [0.5, 0.6) is 0 Å². The number of aromatic amines is 1. The summed E-state index contributed by atoms with van der Waals surface area (Å²) < 4.78 is 0. The molecule has 4 rings (SSSR count). The first kappa shape index (κ1) is 17.2. The highest BCUT2D eigenvalue weighted by molar-refractivity contribution is 5.92. The molecule has 4 aromatic rings. The fourth-order valence-electron chi connectivity index (χ4n) is 3.29. The van der Waals surface area contributed by atoms with E-state index in [-0.39, 0.29) is 12.6 Å². The lowest BCUT2D eigenvalue weighted by molar-refractivity contribution is 0.282. The van der Waals surface area contributed by atoms with Crippen molar-refractivity contribution in [1.29, 1.82) is 0 Å². The van der Waals surface area contributed by atoms with Gasteiger partial charge in [-0.05, 0) is 29.7 Å². The standard InChI is InChI=1S/C22H22N4O/c1-15(17-6-4-3-5-7-17)26(2)22-19-12-20(25-21(19)23-14-24-22)18-10-8-16(13-27)9-11-18/h3-12,14-15,27H,13H2,1-2H3,(H,23,24,25)/t15-/m0/s1. The summed E-state index contributed by atoms with van der Waals surface area (Å²) in [4.78, 5) is 14.5. The van der Waals surface area contributed by atoms with Gasteiger partial charge in [-0.1, -0.05) is 54.6 Å². The topological polar surface area (TPSA) is 65.0 Å². The average molecular weight is 358 g/mol. The van der Waals surface area contributed by atoms with E-state index in [0.717, 1.165) is 33.7 Å². The lowest BCUT2D eigenvalue weighted by atomic mass is 10.1. The van der Waals surface area contributed by atoms with Gasteiger partial charge < -0.3 is 15.0 Å². The van der Waals surface area contributed by atoms with Crippen LogP contribution in [0.4, 0.5) is 5.82 Å². The zero-order chi connectivity index (χ0) is 18.8. The molecule has 2 N–H and O–H groups in total. The van der Waals surface area contributed by atoms with Gasteiger partial charge in [0.15, 0.2) is 0 Å². The first-order valence-electron chi connectivity index (χ1n) is 8.99. The largest absolute Gasteiger partial charge is 0.392 e. The molecule has 0 aliphatic heterocycles. The van der Waals surface area contributed by atoms with Crippen molar-refractivity contribution in [3.63, 3.8) is 0 Å². The Bertz CT molecular complexity index is 1040. The van der Waals surface area contributed by atoms with Crippen molar-refractivity contribution in [3.8, 4) is 11.3 Å². The number of hydrogen-bond donors (Lipinski definition) is 2. The van der Waals surface area contributed by atoms with Crippen LogP contribution in [0.1, 0.15) is 24.1 Å². The number of fused-ring (bicyclic) bond motifs is 1. The summed E-state index contributed by atoms with van der Waals surface area (Å²) >= 11 is 0. The number of rotatable bonds is 5. The number of nitrogens with zero attached hydrogens (tertiary/aromatic N) is 3. The van der Waals surface area contributed by atoms with E-state index in [2.05, 4.69) is 64.2 Å². The Kier molecular flexibility index (Phi) is 4.60. The van der Waals surface area contributed by atoms with Crippen LogP contribution in [0.3, 0.4) is 0 Å². The number of aliphatic hydroxyl groups excluding tert-OH is 1. The molecule has 2 heterocycles. The van der Waals surface area contributed by atoms with Crippen molar-refractivity contribution in [2.24, 2.45) is 0 Å². The average Bonchev–Trinajstić information content (AvgIpc) is 3.18. The van der Waals surface area contributed by atoms with E-state index >= 15 is 0 Å². The molecule has 0 unspecified atom stereocenters. The van der Waals surface area contributed by atoms with Crippen LogP contribution in [0.15, 0.2) is 67.0 Å². The smallest absolute Gasteiger partial charge is 0.143 e. The van der Waals surface area contributed by atoms with Crippen molar-refractivity contribution < 1.29 is 5.11 Å². The number of aromatic nitrogens is 3. The first-order valence-corrected chi connectivity index (χ1v) is 8.99. The van der Waals surface area contributed by atoms with E-state index in [0.29, 0.717) is 0 Å². The molecular formula is C22H22N4O. The van der Waals surface area contributed by atoms with Gasteiger partial charge in [0.05, 0.1) is 18.0 Å². The Balaban J connectivity index is 1.72. The van der Waals surface area contributed by atoms with E-state index < -0.39 is 0 Å². The summed E-state index contributed by atoms with van der Waals surface area (Å²) in [6, 6.07) is 20.5. The third-order valence-electron chi connectivity index (χ3n) is 5.05. The number of hydrogen-bond acceptors (Lipinski definition) is 4. The number of benzene rings is 2. The molecule has 5 nitrogen and oxygen atoms in total. The fourth-order valence-corrected chi connectivity index (χ4v) is 3.29. The van der Waals surface area contributed by atoms with Crippen molar-refractivity contribution >= 4 is 16.9 Å². The molecule has 5 heteroatoms. The molecule has 2 aromatic carbocycles. The van der Waals surface area contributed by atoms with E-state index in [1.807, 2.05) is 30.3 Å². The van der Waals surface area contributed by atoms with Crippen LogP contribution in [0.25, 0.3) is 22.3 Å². The van der Waals surface area contributed by atoms with Gasteiger partial charge in [-0.3, -0.25) is 0 Å². The molecule has 0 saturated carbocycles. The molecule has 0 fully saturated rings. The van der Waals surface area contributed by atoms with Gasteiger partial charge in [0.25, 0.3) is 0 Å². The molecule has 1 atom stereocenters. The number of anilines is 1. The summed E-state index contributed by atoms with van der Waals surface area (Å²) in [7, 11) is 2.06. The highest BCUT2D eigenvalue weighted by Crippen LogP contribution is 2.32. The second-order valence-corrected chi connectivity index (χ2v) is 6.70.